The smallest absolute Gasteiger partial charge is 0.408 e. The van der Waals surface area contributed by atoms with Gasteiger partial charge in [0.05, 0.1) is 19.9 Å². The molecule has 1 atom stereocenters. The minimum atomic E-state index is -0.841. The summed E-state index contributed by atoms with van der Waals surface area (Å²) < 4.78 is 15.2. The Morgan fingerprint density at radius 3 is 2.25 bits per heavy atom. The lowest BCUT2D eigenvalue weighted by Crippen LogP contribution is -2.46. The van der Waals surface area contributed by atoms with Gasteiger partial charge in [-0.25, -0.2) is 9.59 Å². The van der Waals surface area contributed by atoms with Gasteiger partial charge in [-0.2, -0.15) is 0 Å². The predicted molar refractivity (Wildman–Crippen MR) is 106 cm³/mol. The Hall–Kier alpha value is -2.77. The Balaban J connectivity index is 3.08. The van der Waals surface area contributed by atoms with Crippen molar-refractivity contribution < 1.29 is 28.6 Å². The number of esters is 1. The molecule has 8 heteroatoms. The summed E-state index contributed by atoms with van der Waals surface area (Å²) in [6.07, 6.45) is -0.296. The molecule has 0 unspecified atom stereocenters. The van der Waals surface area contributed by atoms with Crippen molar-refractivity contribution >= 4 is 23.7 Å². The first-order valence-corrected chi connectivity index (χ1v) is 9.04. The summed E-state index contributed by atoms with van der Waals surface area (Å²) in [4.78, 5) is 37.1. The summed E-state index contributed by atoms with van der Waals surface area (Å²) in [6.45, 7) is 9.08. The van der Waals surface area contributed by atoms with Crippen LogP contribution in [-0.4, -0.2) is 43.8 Å². The van der Waals surface area contributed by atoms with Crippen LogP contribution in [0.25, 0.3) is 0 Å². The largest absolute Gasteiger partial charge is 0.496 e. The zero-order valence-electron chi connectivity index (χ0n) is 17.5. The molecule has 8 nitrogen and oxygen atoms in total. The molecule has 0 bridgehead atoms. The number of rotatable bonds is 7. The lowest BCUT2D eigenvalue weighted by atomic mass is 10.0. The molecular formula is C20H30N2O6. The average Bonchev–Trinajstić information content (AvgIpc) is 2.58. The van der Waals surface area contributed by atoms with E-state index in [1.165, 1.54) is 14.2 Å². The number of hydrogen-bond acceptors (Lipinski definition) is 6. The van der Waals surface area contributed by atoms with Gasteiger partial charge in [-0.05, 0) is 45.2 Å². The molecule has 156 valence electrons. The number of alkyl carbamates (subject to hydrolysis) is 1. The fourth-order valence-electron chi connectivity index (χ4n) is 2.49. The van der Waals surface area contributed by atoms with Gasteiger partial charge < -0.3 is 24.8 Å². The molecule has 0 saturated carbocycles. The maximum Gasteiger partial charge on any atom is 0.408 e. The fraction of sp³-hybridized carbons (Fsp3) is 0.550. The zero-order chi connectivity index (χ0) is 21.5. The van der Waals surface area contributed by atoms with Gasteiger partial charge in [-0.3, -0.25) is 4.79 Å². The summed E-state index contributed by atoms with van der Waals surface area (Å²) in [5, 5.41) is 5.28. The van der Waals surface area contributed by atoms with E-state index in [9.17, 15) is 14.4 Å². The monoisotopic (exact) mass is 394 g/mol. The van der Waals surface area contributed by atoms with Gasteiger partial charge in [0.15, 0.2) is 0 Å². The molecule has 0 fully saturated rings. The Morgan fingerprint density at radius 2 is 1.75 bits per heavy atom. The lowest BCUT2D eigenvalue weighted by Gasteiger charge is -2.24. The third kappa shape index (κ3) is 7.09. The van der Waals surface area contributed by atoms with E-state index in [4.69, 9.17) is 14.2 Å². The van der Waals surface area contributed by atoms with Gasteiger partial charge in [0, 0.05) is 0 Å². The second kappa shape index (κ2) is 9.96. The van der Waals surface area contributed by atoms with E-state index >= 15 is 0 Å². The van der Waals surface area contributed by atoms with Crippen LogP contribution in [0.5, 0.6) is 5.75 Å². The molecule has 28 heavy (non-hydrogen) atoms. The average molecular weight is 394 g/mol. The van der Waals surface area contributed by atoms with E-state index in [1.807, 2.05) is 13.8 Å². The number of anilines is 1. The minimum Gasteiger partial charge on any atom is -0.496 e. The highest BCUT2D eigenvalue weighted by atomic mass is 16.6. The molecule has 2 N–H and O–H groups in total. The van der Waals surface area contributed by atoms with Crippen LogP contribution in [0.2, 0.25) is 0 Å². The Kier molecular flexibility index (Phi) is 8.28. The van der Waals surface area contributed by atoms with Crippen LogP contribution in [0.1, 0.15) is 51.4 Å². The van der Waals surface area contributed by atoms with Gasteiger partial charge in [-0.15, -0.1) is 0 Å². The summed E-state index contributed by atoms with van der Waals surface area (Å²) >= 11 is 0. The SMILES string of the molecule is COC(=O)c1c(NC(=O)[C@@H](CC(C)C)NC(=O)OC(C)(C)C)cccc1OC. The van der Waals surface area contributed by atoms with Gasteiger partial charge >= 0.3 is 12.1 Å². The maximum absolute atomic E-state index is 12.8. The first-order valence-electron chi connectivity index (χ1n) is 9.04. The molecule has 0 aliphatic carbocycles. The Morgan fingerprint density at radius 1 is 1.11 bits per heavy atom. The molecule has 0 saturated heterocycles. The highest BCUT2D eigenvalue weighted by Crippen LogP contribution is 2.27. The van der Waals surface area contributed by atoms with Crippen LogP contribution < -0.4 is 15.4 Å². The standard InChI is InChI=1S/C20H30N2O6/c1-12(2)11-14(22-19(25)28-20(3,4)5)17(23)21-13-9-8-10-15(26-6)16(13)18(24)27-7/h8-10,12,14H,11H2,1-7H3,(H,21,23)(H,22,25)/t14-/m1/s1. The third-order valence-corrected chi connectivity index (χ3v) is 3.61. The first-order chi connectivity index (χ1) is 13.0. The van der Waals surface area contributed by atoms with E-state index in [-0.39, 0.29) is 22.9 Å². The first kappa shape index (κ1) is 23.3. The molecule has 0 aliphatic rings. The fourth-order valence-corrected chi connectivity index (χ4v) is 2.49. The number of methoxy groups -OCH3 is 2. The molecule has 0 heterocycles. The van der Waals surface area contributed by atoms with E-state index in [1.54, 1.807) is 39.0 Å². The van der Waals surface area contributed by atoms with Crippen molar-refractivity contribution in [2.24, 2.45) is 5.92 Å². The predicted octanol–water partition coefficient (Wildman–Crippen LogP) is 3.36. The molecule has 0 aliphatic heterocycles. The molecule has 1 aromatic carbocycles. The van der Waals surface area contributed by atoms with Crippen molar-refractivity contribution in [1.29, 1.82) is 0 Å². The number of carbonyl (C=O) groups excluding carboxylic acids is 3. The van der Waals surface area contributed by atoms with Crippen molar-refractivity contribution in [2.45, 2.75) is 52.7 Å². The van der Waals surface area contributed by atoms with E-state index in [0.29, 0.717) is 6.42 Å². The molecule has 0 spiro atoms. The normalized spacial score (nSPS) is 12.1. The van der Waals surface area contributed by atoms with Crippen molar-refractivity contribution in [3.05, 3.63) is 23.8 Å². The summed E-state index contributed by atoms with van der Waals surface area (Å²) in [5.74, 6) is -0.715. The minimum absolute atomic E-state index is 0.0985. The lowest BCUT2D eigenvalue weighted by molar-refractivity contribution is -0.118. The summed E-state index contributed by atoms with van der Waals surface area (Å²) in [5.41, 5.74) is -0.356. The van der Waals surface area contributed by atoms with E-state index < -0.39 is 29.6 Å². The maximum atomic E-state index is 12.8. The molecule has 0 radical (unpaired) electrons. The number of benzene rings is 1. The van der Waals surface area contributed by atoms with Crippen molar-refractivity contribution in [3.8, 4) is 5.75 Å². The van der Waals surface area contributed by atoms with E-state index in [0.717, 1.165) is 0 Å². The van der Waals surface area contributed by atoms with Crippen LogP contribution in [0.3, 0.4) is 0 Å². The highest BCUT2D eigenvalue weighted by Gasteiger charge is 2.27. The van der Waals surface area contributed by atoms with Crippen molar-refractivity contribution in [2.75, 3.05) is 19.5 Å². The van der Waals surface area contributed by atoms with E-state index in [2.05, 4.69) is 10.6 Å². The molecule has 2 amide bonds. The van der Waals surface area contributed by atoms with Crippen LogP contribution in [0.4, 0.5) is 10.5 Å². The topological polar surface area (TPSA) is 103 Å². The number of hydrogen-bond donors (Lipinski definition) is 2. The van der Waals surface area contributed by atoms with Crippen LogP contribution >= 0.6 is 0 Å². The Labute approximate surface area is 165 Å². The second-order valence-corrected chi connectivity index (χ2v) is 7.69. The van der Waals surface area contributed by atoms with Crippen molar-refractivity contribution in [3.63, 3.8) is 0 Å². The number of carbonyl (C=O) groups is 3. The second-order valence-electron chi connectivity index (χ2n) is 7.69. The quantitative estimate of drug-likeness (QED) is 0.688. The van der Waals surface area contributed by atoms with Crippen molar-refractivity contribution in [1.82, 2.24) is 5.32 Å². The zero-order valence-corrected chi connectivity index (χ0v) is 17.5. The number of ether oxygens (including phenoxy) is 3. The van der Waals surface area contributed by atoms with Gasteiger partial charge in [-0.1, -0.05) is 19.9 Å². The molecular weight excluding hydrogens is 364 g/mol. The highest BCUT2D eigenvalue weighted by molar-refractivity contribution is 6.05. The molecule has 0 aromatic heterocycles. The molecule has 1 rings (SSSR count). The Bertz CT molecular complexity index is 709. The van der Waals surface area contributed by atoms with Gasteiger partial charge in [0.25, 0.3) is 0 Å². The molecule has 1 aromatic rings. The van der Waals surface area contributed by atoms with Crippen LogP contribution in [0.15, 0.2) is 18.2 Å². The van der Waals surface area contributed by atoms with Crippen LogP contribution in [-0.2, 0) is 14.3 Å². The number of amides is 2. The van der Waals surface area contributed by atoms with Gasteiger partial charge in [0.2, 0.25) is 5.91 Å². The third-order valence-electron chi connectivity index (χ3n) is 3.61. The van der Waals surface area contributed by atoms with Crippen LogP contribution in [0, 0.1) is 5.92 Å². The summed E-state index contributed by atoms with van der Waals surface area (Å²) in [6, 6.07) is 3.95. The summed E-state index contributed by atoms with van der Waals surface area (Å²) in [7, 11) is 2.66. The van der Waals surface area contributed by atoms with Gasteiger partial charge in [0.1, 0.15) is 23.0 Å². The number of nitrogens with one attached hydrogen (secondary N) is 2.